The van der Waals surface area contributed by atoms with Gasteiger partial charge in [-0.2, -0.15) is 0 Å². The standard InChI is InChI=1S/C22H28N2O3/c1-15(25)23-19-14-18(11-12-20(19)27-5)24-21(26)13-8-16-6-9-17(10-7-16)22(2,3)4/h6-7,9-12,14H,8,13H2,1-5H3,(H,23,25)(H,24,26). The molecule has 0 aliphatic rings. The number of amides is 2. The lowest BCUT2D eigenvalue weighted by atomic mass is 9.86. The van der Waals surface area contributed by atoms with E-state index in [1.807, 2.05) is 0 Å². The zero-order valence-electron chi connectivity index (χ0n) is 16.7. The number of benzene rings is 2. The Morgan fingerprint density at radius 2 is 1.67 bits per heavy atom. The maximum Gasteiger partial charge on any atom is 0.224 e. The zero-order chi connectivity index (χ0) is 20.0. The minimum absolute atomic E-state index is 0.0751. The van der Waals surface area contributed by atoms with Crippen LogP contribution in [0.4, 0.5) is 11.4 Å². The third-order valence-corrected chi connectivity index (χ3v) is 4.25. The van der Waals surface area contributed by atoms with Gasteiger partial charge in [0.15, 0.2) is 0 Å². The molecule has 0 radical (unpaired) electrons. The Hall–Kier alpha value is -2.82. The van der Waals surface area contributed by atoms with Gasteiger partial charge in [0.1, 0.15) is 5.75 Å². The van der Waals surface area contributed by atoms with Crippen molar-refractivity contribution >= 4 is 23.2 Å². The molecule has 2 amide bonds. The van der Waals surface area contributed by atoms with Gasteiger partial charge in [0.25, 0.3) is 0 Å². The Morgan fingerprint density at radius 3 is 2.22 bits per heavy atom. The first-order chi connectivity index (χ1) is 12.7. The van der Waals surface area contributed by atoms with Crippen molar-refractivity contribution in [3.63, 3.8) is 0 Å². The summed E-state index contributed by atoms with van der Waals surface area (Å²) in [6.07, 6.45) is 1.06. The van der Waals surface area contributed by atoms with Crippen molar-refractivity contribution < 1.29 is 14.3 Å². The molecular formula is C22H28N2O3. The van der Waals surface area contributed by atoms with Crippen LogP contribution in [-0.4, -0.2) is 18.9 Å². The van der Waals surface area contributed by atoms with Crippen molar-refractivity contribution in [2.24, 2.45) is 0 Å². The quantitative estimate of drug-likeness (QED) is 0.787. The van der Waals surface area contributed by atoms with E-state index >= 15 is 0 Å². The van der Waals surface area contributed by atoms with Crippen LogP contribution in [0.3, 0.4) is 0 Å². The molecule has 0 aliphatic heterocycles. The first-order valence-electron chi connectivity index (χ1n) is 9.04. The Bertz CT molecular complexity index is 805. The highest BCUT2D eigenvalue weighted by atomic mass is 16.5. The van der Waals surface area contributed by atoms with Crippen LogP contribution in [-0.2, 0) is 21.4 Å². The van der Waals surface area contributed by atoms with Gasteiger partial charge in [0.05, 0.1) is 12.8 Å². The maximum absolute atomic E-state index is 12.3. The van der Waals surface area contributed by atoms with Crippen LogP contribution in [0.5, 0.6) is 5.75 Å². The molecule has 0 bridgehead atoms. The number of hydrogen-bond donors (Lipinski definition) is 2. The summed E-state index contributed by atoms with van der Waals surface area (Å²) < 4.78 is 5.22. The van der Waals surface area contributed by atoms with E-state index in [0.717, 1.165) is 5.56 Å². The van der Waals surface area contributed by atoms with E-state index in [9.17, 15) is 9.59 Å². The summed E-state index contributed by atoms with van der Waals surface area (Å²) in [6.45, 7) is 7.97. The van der Waals surface area contributed by atoms with Gasteiger partial charge in [0.2, 0.25) is 11.8 Å². The molecule has 0 fully saturated rings. The highest BCUT2D eigenvalue weighted by Crippen LogP contribution is 2.28. The van der Waals surface area contributed by atoms with E-state index in [2.05, 4.69) is 55.7 Å². The molecule has 27 heavy (non-hydrogen) atoms. The van der Waals surface area contributed by atoms with Gasteiger partial charge >= 0.3 is 0 Å². The predicted molar refractivity (Wildman–Crippen MR) is 109 cm³/mol. The van der Waals surface area contributed by atoms with E-state index < -0.39 is 0 Å². The molecule has 0 aromatic heterocycles. The van der Waals surface area contributed by atoms with Gasteiger partial charge in [-0.1, -0.05) is 45.0 Å². The van der Waals surface area contributed by atoms with E-state index in [-0.39, 0.29) is 17.2 Å². The molecule has 0 saturated heterocycles. The molecular weight excluding hydrogens is 340 g/mol. The average molecular weight is 368 g/mol. The Morgan fingerprint density at radius 1 is 1.00 bits per heavy atom. The minimum Gasteiger partial charge on any atom is -0.495 e. The summed E-state index contributed by atoms with van der Waals surface area (Å²) in [6, 6.07) is 13.6. The second-order valence-electron chi connectivity index (χ2n) is 7.59. The smallest absolute Gasteiger partial charge is 0.224 e. The summed E-state index contributed by atoms with van der Waals surface area (Å²) in [5, 5.41) is 5.56. The lowest BCUT2D eigenvalue weighted by Gasteiger charge is -2.19. The third-order valence-electron chi connectivity index (χ3n) is 4.25. The van der Waals surface area contributed by atoms with Gasteiger partial charge < -0.3 is 15.4 Å². The largest absolute Gasteiger partial charge is 0.495 e. The van der Waals surface area contributed by atoms with Crippen LogP contribution < -0.4 is 15.4 Å². The molecule has 144 valence electrons. The van der Waals surface area contributed by atoms with Crippen LogP contribution in [0.15, 0.2) is 42.5 Å². The molecule has 5 nitrogen and oxygen atoms in total. The molecule has 2 N–H and O–H groups in total. The lowest BCUT2D eigenvalue weighted by Crippen LogP contribution is -2.14. The van der Waals surface area contributed by atoms with Crippen LogP contribution in [0.1, 0.15) is 45.2 Å². The summed E-state index contributed by atoms with van der Waals surface area (Å²) in [5.41, 5.74) is 3.68. The molecule has 2 aromatic rings. The minimum atomic E-state index is -0.199. The topological polar surface area (TPSA) is 67.4 Å². The van der Waals surface area contributed by atoms with Crippen molar-refractivity contribution in [3.05, 3.63) is 53.6 Å². The highest BCUT2D eigenvalue weighted by Gasteiger charge is 2.13. The molecule has 2 rings (SSSR count). The van der Waals surface area contributed by atoms with Crippen LogP contribution in [0, 0.1) is 0 Å². The van der Waals surface area contributed by atoms with Crippen LogP contribution in [0.2, 0.25) is 0 Å². The van der Waals surface area contributed by atoms with E-state index in [1.54, 1.807) is 18.2 Å². The maximum atomic E-state index is 12.3. The van der Waals surface area contributed by atoms with Crippen LogP contribution in [0.25, 0.3) is 0 Å². The number of carbonyl (C=O) groups is 2. The first-order valence-corrected chi connectivity index (χ1v) is 9.04. The monoisotopic (exact) mass is 368 g/mol. The van der Waals surface area contributed by atoms with Crippen molar-refractivity contribution in [2.75, 3.05) is 17.7 Å². The number of nitrogens with one attached hydrogen (secondary N) is 2. The normalized spacial score (nSPS) is 11.0. The fraction of sp³-hybridized carbons (Fsp3) is 0.364. The number of ether oxygens (including phenoxy) is 1. The zero-order valence-corrected chi connectivity index (χ0v) is 16.7. The number of hydrogen-bond acceptors (Lipinski definition) is 3. The van der Waals surface area contributed by atoms with Gasteiger partial charge in [0, 0.05) is 19.0 Å². The second-order valence-corrected chi connectivity index (χ2v) is 7.59. The average Bonchev–Trinajstić information content (AvgIpc) is 2.59. The van der Waals surface area contributed by atoms with Crippen molar-refractivity contribution in [3.8, 4) is 5.75 Å². The number of anilines is 2. The Kier molecular flexibility index (Phi) is 6.61. The molecule has 5 heteroatoms. The number of rotatable bonds is 6. The van der Waals surface area contributed by atoms with Gasteiger partial charge in [-0.15, -0.1) is 0 Å². The fourth-order valence-electron chi connectivity index (χ4n) is 2.73. The van der Waals surface area contributed by atoms with Crippen molar-refractivity contribution in [1.82, 2.24) is 0 Å². The molecule has 0 unspecified atom stereocenters. The predicted octanol–water partition coefficient (Wildman–Crippen LogP) is 4.52. The van der Waals surface area contributed by atoms with Gasteiger partial charge in [-0.25, -0.2) is 0 Å². The summed E-state index contributed by atoms with van der Waals surface area (Å²) in [7, 11) is 1.53. The Labute approximate surface area is 161 Å². The third kappa shape index (κ3) is 6.13. The van der Waals surface area contributed by atoms with Gasteiger partial charge in [-0.05, 0) is 41.2 Å². The second kappa shape index (κ2) is 8.71. The molecule has 2 aromatic carbocycles. The summed E-state index contributed by atoms with van der Waals surface area (Å²) in [5.74, 6) is 0.270. The summed E-state index contributed by atoms with van der Waals surface area (Å²) >= 11 is 0. The lowest BCUT2D eigenvalue weighted by molar-refractivity contribution is -0.116. The summed E-state index contributed by atoms with van der Waals surface area (Å²) in [4.78, 5) is 23.6. The van der Waals surface area contributed by atoms with Crippen molar-refractivity contribution in [1.29, 1.82) is 0 Å². The molecule has 0 spiro atoms. The van der Waals surface area contributed by atoms with Crippen molar-refractivity contribution in [2.45, 2.75) is 46.0 Å². The van der Waals surface area contributed by atoms with Crippen LogP contribution >= 0.6 is 0 Å². The number of carbonyl (C=O) groups excluding carboxylic acids is 2. The molecule has 0 heterocycles. The number of aryl methyl sites for hydroxylation is 1. The fourth-order valence-corrected chi connectivity index (χ4v) is 2.73. The van der Waals surface area contributed by atoms with E-state index in [0.29, 0.717) is 30.0 Å². The number of methoxy groups -OCH3 is 1. The van der Waals surface area contributed by atoms with Gasteiger partial charge in [-0.3, -0.25) is 9.59 Å². The Balaban J connectivity index is 1.96. The first kappa shape index (κ1) is 20.5. The SMILES string of the molecule is COc1ccc(NC(=O)CCc2ccc(C(C)(C)C)cc2)cc1NC(C)=O. The highest BCUT2D eigenvalue weighted by molar-refractivity contribution is 5.94. The molecule has 0 saturated carbocycles. The molecule has 0 aliphatic carbocycles. The van der Waals surface area contributed by atoms with E-state index in [1.165, 1.54) is 19.6 Å². The molecule has 0 atom stereocenters. The van der Waals surface area contributed by atoms with E-state index in [4.69, 9.17) is 4.74 Å².